The SMILES string of the molecule is CC(C)(C)C1=[C]([Hf])CC=C1. The number of hydrogen-bond acceptors (Lipinski definition) is 0. The van der Waals surface area contributed by atoms with E-state index >= 15 is 0 Å². The summed E-state index contributed by atoms with van der Waals surface area (Å²) in [5, 5.41) is 0. The topological polar surface area (TPSA) is 0 Å². The first-order valence-electron chi connectivity index (χ1n) is 3.63. The van der Waals surface area contributed by atoms with Crippen molar-refractivity contribution in [2.24, 2.45) is 5.41 Å². The van der Waals surface area contributed by atoms with Crippen molar-refractivity contribution in [1.29, 1.82) is 0 Å². The zero-order valence-electron chi connectivity index (χ0n) is 6.86. The molecule has 0 spiro atoms. The van der Waals surface area contributed by atoms with Crippen LogP contribution in [0.2, 0.25) is 0 Å². The molecule has 0 bridgehead atoms. The zero-order valence-corrected chi connectivity index (χ0v) is 10.5. The Morgan fingerprint density at radius 3 is 2.20 bits per heavy atom. The zero-order chi connectivity index (χ0) is 7.78. The molecule has 0 fully saturated rings. The maximum absolute atomic E-state index is 2.29. The van der Waals surface area contributed by atoms with Crippen LogP contribution in [0, 0.1) is 5.41 Å². The van der Waals surface area contributed by atoms with Crippen molar-refractivity contribution >= 4 is 0 Å². The quantitative estimate of drug-likeness (QED) is 0.604. The van der Waals surface area contributed by atoms with Gasteiger partial charge in [0, 0.05) is 0 Å². The van der Waals surface area contributed by atoms with Crippen molar-refractivity contribution in [1.82, 2.24) is 0 Å². The van der Waals surface area contributed by atoms with Gasteiger partial charge in [0.15, 0.2) is 0 Å². The molecule has 0 saturated carbocycles. The Hall–Kier alpha value is 0.350. The van der Waals surface area contributed by atoms with Gasteiger partial charge in [-0.15, -0.1) is 0 Å². The minimum absolute atomic E-state index is 0.379. The third-order valence-electron chi connectivity index (χ3n) is 1.74. The van der Waals surface area contributed by atoms with Gasteiger partial charge < -0.3 is 0 Å². The molecule has 1 aliphatic rings. The van der Waals surface area contributed by atoms with Gasteiger partial charge in [0.1, 0.15) is 0 Å². The van der Waals surface area contributed by atoms with Crippen LogP contribution in [-0.4, -0.2) is 0 Å². The van der Waals surface area contributed by atoms with Crippen LogP contribution in [0.25, 0.3) is 0 Å². The molecule has 1 heteroatoms. The van der Waals surface area contributed by atoms with Gasteiger partial charge in [-0.25, -0.2) is 0 Å². The molecule has 0 saturated heterocycles. The average Bonchev–Trinajstić information content (AvgIpc) is 2.11. The van der Waals surface area contributed by atoms with Crippen molar-refractivity contribution in [3.8, 4) is 0 Å². The molecule has 0 aromatic carbocycles. The second-order valence-corrected chi connectivity index (χ2v) is 5.92. The van der Waals surface area contributed by atoms with E-state index in [1.807, 2.05) is 0 Å². The summed E-state index contributed by atoms with van der Waals surface area (Å²) in [6.07, 6.45) is 5.80. The van der Waals surface area contributed by atoms with Crippen molar-refractivity contribution in [2.45, 2.75) is 27.2 Å². The summed E-state index contributed by atoms with van der Waals surface area (Å²) in [7, 11) is 0. The minimum atomic E-state index is 0.379. The molecule has 0 atom stereocenters. The van der Waals surface area contributed by atoms with Crippen LogP contribution in [0.4, 0.5) is 0 Å². The van der Waals surface area contributed by atoms with Crippen molar-refractivity contribution in [3.63, 3.8) is 0 Å². The molecule has 0 aliphatic heterocycles. The molecule has 0 N–H and O–H groups in total. The summed E-state index contributed by atoms with van der Waals surface area (Å²) >= 11 is 1.23. The Balaban J connectivity index is 2.91. The van der Waals surface area contributed by atoms with E-state index in [1.165, 1.54) is 30.8 Å². The Morgan fingerprint density at radius 1 is 1.40 bits per heavy atom. The molecule has 0 heterocycles. The fraction of sp³-hybridized carbons (Fsp3) is 0.556. The second-order valence-electron chi connectivity index (χ2n) is 3.75. The van der Waals surface area contributed by atoms with E-state index in [0.717, 1.165) is 0 Å². The molecule has 0 amide bonds. The molecule has 1 aliphatic carbocycles. The van der Waals surface area contributed by atoms with E-state index in [-0.39, 0.29) is 0 Å². The van der Waals surface area contributed by atoms with E-state index < -0.39 is 0 Å². The molecule has 0 aromatic rings. The van der Waals surface area contributed by atoms with Crippen LogP contribution in [-0.2, 0) is 24.4 Å². The second kappa shape index (κ2) is 2.77. The summed E-state index contributed by atoms with van der Waals surface area (Å²) in [6.45, 7) is 6.86. The van der Waals surface area contributed by atoms with Gasteiger partial charge in [0.25, 0.3) is 0 Å². The van der Waals surface area contributed by atoms with Gasteiger partial charge in [-0.05, 0) is 0 Å². The summed E-state index contributed by atoms with van der Waals surface area (Å²) in [6, 6.07) is 0. The summed E-state index contributed by atoms with van der Waals surface area (Å²) < 4.78 is 1.67. The van der Waals surface area contributed by atoms with Crippen LogP contribution in [0.3, 0.4) is 0 Å². The summed E-state index contributed by atoms with van der Waals surface area (Å²) in [5.41, 5.74) is 1.96. The van der Waals surface area contributed by atoms with Crippen molar-refractivity contribution in [3.05, 3.63) is 21.1 Å². The van der Waals surface area contributed by atoms with Gasteiger partial charge in [-0.2, -0.15) is 0 Å². The van der Waals surface area contributed by atoms with Crippen LogP contribution < -0.4 is 0 Å². The molecule has 0 unspecified atom stereocenters. The monoisotopic (exact) mass is 301 g/mol. The average molecular weight is 300 g/mol. The Labute approximate surface area is 78.0 Å². The third-order valence-corrected chi connectivity index (χ3v) is 3.44. The summed E-state index contributed by atoms with van der Waals surface area (Å²) in [4.78, 5) is 0. The Kier molecular flexibility index (Phi) is 2.34. The van der Waals surface area contributed by atoms with Gasteiger partial charge in [-0.3, -0.25) is 0 Å². The molecular weight excluding hydrogens is 287 g/mol. The molecular formula is C9H13Hf. The number of allylic oxidation sites excluding steroid dienone is 4. The third kappa shape index (κ3) is 1.69. The normalized spacial score (nSPS) is 18.6. The Bertz CT molecular complexity index is 191. The van der Waals surface area contributed by atoms with E-state index in [4.69, 9.17) is 0 Å². The fourth-order valence-electron chi connectivity index (χ4n) is 1.21. The van der Waals surface area contributed by atoms with Crippen LogP contribution >= 0.6 is 0 Å². The summed E-state index contributed by atoms with van der Waals surface area (Å²) in [5.74, 6) is 0. The first kappa shape index (κ1) is 8.45. The first-order chi connectivity index (χ1) is 4.52. The molecule has 0 radical (unpaired) electrons. The van der Waals surface area contributed by atoms with Crippen LogP contribution in [0.5, 0.6) is 0 Å². The number of hydrogen-bond donors (Lipinski definition) is 0. The number of rotatable bonds is 0. The standard InChI is InChI=1S/C9H13.Hf/c1-9(2,3)8-6-4-5-7-8;/h4,6H,5H2,1-3H3;. The Morgan fingerprint density at radius 2 is 2.00 bits per heavy atom. The molecule has 0 aromatic heterocycles. The molecule has 10 heavy (non-hydrogen) atoms. The predicted octanol–water partition coefficient (Wildman–Crippen LogP) is 2.79. The maximum atomic E-state index is 2.29. The molecule has 1 rings (SSSR count). The van der Waals surface area contributed by atoms with Crippen LogP contribution in [0.1, 0.15) is 27.2 Å². The van der Waals surface area contributed by atoms with Crippen LogP contribution in [0.15, 0.2) is 21.1 Å². The van der Waals surface area contributed by atoms with Gasteiger partial charge >= 0.3 is 78.0 Å². The van der Waals surface area contributed by atoms with Gasteiger partial charge in [-0.1, -0.05) is 0 Å². The van der Waals surface area contributed by atoms with Crippen molar-refractivity contribution < 1.29 is 24.4 Å². The van der Waals surface area contributed by atoms with E-state index in [0.29, 0.717) is 5.41 Å². The van der Waals surface area contributed by atoms with Gasteiger partial charge in [0.05, 0.1) is 0 Å². The van der Waals surface area contributed by atoms with E-state index in [9.17, 15) is 0 Å². The van der Waals surface area contributed by atoms with Gasteiger partial charge in [0.2, 0.25) is 0 Å². The molecule has 53 valence electrons. The van der Waals surface area contributed by atoms with Crippen molar-refractivity contribution in [2.75, 3.05) is 0 Å². The predicted molar refractivity (Wildman–Crippen MR) is 40.2 cm³/mol. The van der Waals surface area contributed by atoms with E-state index in [1.54, 1.807) is 8.90 Å². The molecule has 0 nitrogen and oxygen atoms in total. The first-order valence-corrected chi connectivity index (χ1v) is 5.43. The van der Waals surface area contributed by atoms with E-state index in [2.05, 4.69) is 32.9 Å². The fourth-order valence-corrected chi connectivity index (χ4v) is 3.28.